The van der Waals surface area contributed by atoms with Crippen LogP contribution in [0, 0.1) is 12.8 Å². The molecule has 1 N–H and O–H groups in total. The molecule has 5 nitrogen and oxygen atoms in total. The van der Waals surface area contributed by atoms with Crippen LogP contribution in [0.25, 0.3) is 22.2 Å². The summed E-state index contributed by atoms with van der Waals surface area (Å²) in [6.45, 7) is 5.57. The Bertz CT molecular complexity index is 894. The van der Waals surface area contributed by atoms with Crippen molar-refractivity contribution in [2.45, 2.75) is 25.9 Å². The second-order valence-corrected chi connectivity index (χ2v) is 7.28. The van der Waals surface area contributed by atoms with E-state index in [0.29, 0.717) is 11.8 Å². The number of ether oxygens (including phenoxy) is 1. The first kappa shape index (κ1) is 14.9. The van der Waals surface area contributed by atoms with Gasteiger partial charge in [0.15, 0.2) is 0 Å². The monoisotopic (exact) mass is 334 g/mol. The number of aryl methyl sites for hydroxylation is 1. The number of rotatable bonds is 3. The Kier molecular flexibility index (Phi) is 3.48. The van der Waals surface area contributed by atoms with Gasteiger partial charge in [-0.2, -0.15) is 0 Å². The number of benzene rings is 1. The topological polar surface area (TPSA) is 54.0 Å². The van der Waals surface area contributed by atoms with Crippen molar-refractivity contribution in [2.75, 3.05) is 19.6 Å². The van der Waals surface area contributed by atoms with Crippen LogP contribution in [-0.4, -0.2) is 45.8 Å². The minimum absolute atomic E-state index is 0.265. The van der Waals surface area contributed by atoms with Gasteiger partial charge in [0.05, 0.1) is 5.69 Å². The summed E-state index contributed by atoms with van der Waals surface area (Å²) >= 11 is 0. The standard InChI is InChI=1S/C20H22N4O/c1-13-11-21-18-3-2-15(10-16(13)18)17-4-5-20(23-22-17)25-19-12-24-8-6-14(19)7-9-24/h2-5,10-11,14,19,21H,6-9,12H2,1H3. The number of hydrogen-bond acceptors (Lipinski definition) is 4. The van der Waals surface area contributed by atoms with Crippen LogP contribution < -0.4 is 4.74 Å². The van der Waals surface area contributed by atoms with Gasteiger partial charge in [0.1, 0.15) is 6.10 Å². The molecular formula is C20H22N4O. The molecule has 3 aliphatic rings. The van der Waals surface area contributed by atoms with Crippen molar-refractivity contribution in [3.8, 4) is 17.1 Å². The van der Waals surface area contributed by atoms with Gasteiger partial charge in [0.2, 0.25) is 5.88 Å². The summed E-state index contributed by atoms with van der Waals surface area (Å²) in [5.41, 5.74) is 4.35. The molecule has 3 aromatic rings. The zero-order valence-corrected chi connectivity index (χ0v) is 14.4. The molecule has 3 fully saturated rings. The second kappa shape index (κ2) is 5.85. The summed E-state index contributed by atoms with van der Waals surface area (Å²) in [7, 11) is 0. The molecule has 3 saturated heterocycles. The van der Waals surface area contributed by atoms with Crippen molar-refractivity contribution in [3.63, 3.8) is 0 Å². The molecule has 5 heteroatoms. The lowest BCUT2D eigenvalue weighted by atomic mass is 9.86. The Balaban J connectivity index is 1.36. The Hall–Kier alpha value is -2.40. The average Bonchev–Trinajstić information content (AvgIpc) is 3.04. The highest BCUT2D eigenvalue weighted by molar-refractivity contribution is 5.87. The number of hydrogen-bond donors (Lipinski definition) is 1. The number of H-pyrrole nitrogens is 1. The molecule has 5 heterocycles. The first-order valence-corrected chi connectivity index (χ1v) is 9.07. The van der Waals surface area contributed by atoms with Gasteiger partial charge in [0.25, 0.3) is 0 Å². The van der Waals surface area contributed by atoms with Crippen LogP contribution in [0.2, 0.25) is 0 Å². The smallest absolute Gasteiger partial charge is 0.233 e. The molecule has 0 spiro atoms. The van der Waals surface area contributed by atoms with E-state index >= 15 is 0 Å². The highest BCUT2D eigenvalue weighted by atomic mass is 16.5. The van der Waals surface area contributed by atoms with Crippen LogP contribution in [-0.2, 0) is 0 Å². The number of aromatic nitrogens is 3. The van der Waals surface area contributed by atoms with E-state index in [2.05, 4.69) is 45.2 Å². The molecule has 1 unspecified atom stereocenters. The van der Waals surface area contributed by atoms with Crippen LogP contribution in [0.1, 0.15) is 18.4 Å². The van der Waals surface area contributed by atoms with E-state index in [0.717, 1.165) is 23.3 Å². The zero-order valence-electron chi connectivity index (χ0n) is 14.4. The molecule has 0 radical (unpaired) electrons. The molecule has 1 atom stereocenters. The summed E-state index contributed by atoms with van der Waals surface area (Å²) in [5.74, 6) is 1.31. The minimum atomic E-state index is 0.265. The lowest BCUT2D eigenvalue weighted by Gasteiger charge is -2.44. The number of aromatic amines is 1. The molecule has 2 bridgehead atoms. The zero-order chi connectivity index (χ0) is 16.8. The van der Waals surface area contributed by atoms with E-state index in [4.69, 9.17) is 4.74 Å². The number of nitrogens with zero attached hydrogens (tertiary/aromatic N) is 3. The molecule has 1 aromatic carbocycles. The van der Waals surface area contributed by atoms with E-state index in [1.54, 1.807) is 0 Å². The number of nitrogens with one attached hydrogen (secondary N) is 1. The average molecular weight is 334 g/mol. The molecule has 128 valence electrons. The van der Waals surface area contributed by atoms with E-state index < -0.39 is 0 Å². The summed E-state index contributed by atoms with van der Waals surface area (Å²) in [5, 5.41) is 9.95. The number of fused-ring (bicyclic) bond motifs is 4. The molecule has 0 aliphatic carbocycles. The number of piperidine rings is 3. The van der Waals surface area contributed by atoms with Gasteiger partial charge in [-0.25, -0.2) is 0 Å². The van der Waals surface area contributed by atoms with Crippen molar-refractivity contribution >= 4 is 10.9 Å². The molecule has 6 rings (SSSR count). The summed E-state index contributed by atoms with van der Waals surface area (Å²) in [6, 6.07) is 10.3. The Labute approximate surface area is 147 Å². The quantitative estimate of drug-likeness (QED) is 0.797. The van der Waals surface area contributed by atoms with E-state index in [1.807, 2.05) is 18.3 Å². The van der Waals surface area contributed by atoms with Crippen LogP contribution in [0.3, 0.4) is 0 Å². The van der Waals surface area contributed by atoms with Crippen molar-refractivity contribution in [2.24, 2.45) is 5.92 Å². The van der Waals surface area contributed by atoms with Crippen molar-refractivity contribution in [3.05, 3.63) is 42.1 Å². The van der Waals surface area contributed by atoms with E-state index in [-0.39, 0.29) is 6.10 Å². The second-order valence-electron chi connectivity index (χ2n) is 7.28. The van der Waals surface area contributed by atoms with Gasteiger partial charge >= 0.3 is 0 Å². The fourth-order valence-corrected chi connectivity index (χ4v) is 4.16. The van der Waals surface area contributed by atoms with Gasteiger partial charge in [-0.15, -0.1) is 10.2 Å². The van der Waals surface area contributed by atoms with Crippen molar-refractivity contribution in [1.82, 2.24) is 20.1 Å². The highest BCUT2D eigenvalue weighted by Crippen LogP contribution is 2.30. The van der Waals surface area contributed by atoms with E-state index in [9.17, 15) is 0 Å². The Morgan fingerprint density at radius 1 is 1.12 bits per heavy atom. The molecule has 3 aliphatic heterocycles. The van der Waals surface area contributed by atoms with Crippen molar-refractivity contribution < 1.29 is 4.74 Å². The first-order valence-electron chi connectivity index (χ1n) is 9.07. The third-order valence-corrected chi connectivity index (χ3v) is 5.69. The molecular weight excluding hydrogens is 312 g/mol. The normalized spacial score (nSPS) is 25.4. The van der Waals surface area contributed by atoms with E-state index in [1.165, 1.54) is 36.9 Å². The maximum absolute atomic E-state index is 6.14. The Morgan fingerprint density at radius 2 is 2.00 bits per heavy atom. The van der Waals surface area contributed by atoms with Gasteiger partial charge in [0, 0.05) is 35.3 Å². The van der Waals surface area contributed by atoms with Crippen LogP contribution >= 0.6 is 0 Å². The fourth-order valence-electron chi connectivity index (χ4n) is 4.16. The van der Waals surface area contributed by atoms with Gasteiger partial charge < -0.3 is 9.72 Å². The lowest BCUT2D eigenvalue weighted by molar-refractivity contribution is -0.0103. The molecule has 2 aromatic heterocycles. The fraction of sp³-hybridized carbons (Fsp3) is 0.400. The molecule has 0 saturated carbocycles. The van der Waals surface area contributed by atoms with Crippen LogP contribution in [0.15, 0.2) is 36.5 Å². The van der Waals surface area contributed by atoms with Gasteiger partial charge in [-0.05, 0) is 62.5 Å². The SMILES string of the molecule is Cc1c[nH]c2ccc(-c3ccc(OC4CN5CCC4CC5)nn3)cc12. The minimum Gasteiger partial charge on any atom is -0.472 e. The van der Waals surface area contributed by atoms with Crippen LogP contribution in [0.4, 0.5) is 0 Å². The first-order chi connectivity index (χ1) is 12.3. The van der Waals surface area contributed by atoms with Gasteiger partial charge in [-0.1, -0.05) is 6.07 Å². The molecule has 0 amide bonds. The van der Waals surface area contributed by atoms with Gasteiger partial charge in [-0.3, -0.25) is 4.90 Å². The maximum Gasteiger partial charge on any atom is 0.233 e. The predicted molar refractivity (Wildman–Crippen MR) is 97.6 cm³/mol. The summed E-state index contributed by atoms with van der Waals surface area (Å²) in [6.07, 6.45) is 4.78. The predicted octanol–water partition coefficient (Wildman–Crippen LogP) is 3.41. The van der Waals surface area contributed by atoms with Crippen molar-refractivity contribution in [1.29, 1.82) is 0 Å². The highest BCUT2D eigenvalue weighted by Gasteiger charge is 2.35. The summed E-state index contributed by atoms with van der Waals surface area (Å²) < 4.78 is 6.14. The van der Waals surface area contributed by atoms with Crippen LogP contribution in [0.5, 0.6) is 5.88 Å². The lowest BCUT2D eigenvalue weighted by Crippen LogP contribution is -2.52. The maximum atomic E-state index is 6.14. The third-order valence-electron chi connectivity index (χ3n) is 5.69. The third kappa shape index (κ3) is 2.68. The Morgan fingerprint density at radius 3 is 2.72 bits per heavy atom. The summed E-state index contributed by atoms with van der Waals surface area (Å²) in [4.78, 5) is 5.76. The molecule has 25 heavy (non-hydrogen) atoms. The largest absolute Gasteiger partial charge is 0.472 e.